The molecule has 1 atom stereocenters. The molecule has 1 heterocycles. The molecule has 1 aromatic rings. The highest BCUT2D eigenvalue weighted by atomic mass is 32.2. The highest BCUT2D eigenvalue weighted by molar-refractivity contribution is 7.89. The van der Waals surface area contributed by atoms with Gasteiger partial charge in [0.15, 0.2) is 0 Å². The van der Waals surface area contributed by atoms with E-state index in [1.807, 2.05) is 0 Å². The van der Waals surface area contributed by atoms with Gasteiger partial charge in [-0.1, -0.05) is 0 Å². The number of aldehydes is 1. The molecule has 0 aliphatic carbocycles. The number of sulfonamides is 1. The molecule has 0 spiro atoms. The minimum Gasteiger partial charge on any atom is -0.356 e. The van der Waals surface area contributed by atoms with Gasteiger partial charge < -0.3 is 9.69 Å². The van der Waals surface area contributed by atoms with Gasteiger partial charge in [-0.2, -0.15) is 0 Å². The van der Waals surface area contributed by atoms with E-state index in [1.54, 1.807) is 4.90 Å². The van der Waals surface area contributed by atoms with Crippen molar-refractivity contribution < 1.29 is 18.1 Å². The van der Waals surface area contributed by atoms with Crippen molar-refractivity contribution in [2.24, 2.45) is 5.14 Å². The zero-order valence-electron chi connectivity index (χ0n) is 11.1. The molecule has 1 unspecified atom stereocenters. The number of piperidine rings is 1. The van der Waals surface area contributed by atoms with Crippen LogP contribution in [0.1, 0.15) is 19.3 Å². The van der Waals surface area contributed by atoms with Gasteiger partial charge in [0.2, 0.25) is 10.0 Å². The quantitative estimate of drug-likeness (QED) is 0.498. The van der Waals surface area contributed by atoms with Crippen molar-refractivity contribution >= 4 is 27.7 Å². The van der Waals surface area contributed by atoms with Crippen LogP contribution in [0.2, 0.25) is 0 Å². The molecular weight excluding hydrogens is 298 g/mol. The van der Waals surface area contributed by atoms with Crippen LogP contribution in [0.3, 0.4) is 0 Å². The van der Waals surface area contributed by atoms with Crippen molar-refractivity contribution in [3.8, 4) is 0 Å². The first-order valence-electron chi connectivity index (χ1n) is 6.38. The van der Waals surface area contributed by atoms with E-state index in [9.17, 15) is 23.3 Å². The first-order chi connectivity index (χ1) is 9.84. The van der Waals surface area contributed by atoms with Gasteiger partial charge in [0.25, 0.3) is 5.69 Å². The van der Waals surface area contributed by atoms with Gasteiger partial charge in [0, 0.05) is 12.6 Å². The summed E-state index contributed by atoms with van der Waals surface area (Å²) in [5.41, 5.74) is -0.125. The third kappa shape index (κ3) is 3.19. The Morgan fingerprint density at radius 2 is 2.10 bits per heavy atom. The Bertz CT molecular complexity index is 673. The fourth-order valence-electron chi connectivity index (χ4n) is 2.47. The van der Waals surface area contributed by atoms with E-state index in [0.29, 0.717) is 13.0 Å². The molecule has 0 radical (unpaired) electrons. The molecule has 2 N–H and O–H groups in total. The Morgan fingerprint density at radius 3 is 2.67 bits per heavy atom. The maximum absolute atomic E-state index is 11.3. The van der Waals surface area contributed by atoms with Crippen LogP contribution in [-0.2, 0) is 14.8 Å². The summed E-state index contributed by atoms with van der Waals surface area (Å²) in [7, 11) is -4.02. The predicted octanol–water partition coefficient (Wildman–Crippen LogP) is 0.800. The van der Waals surface area contributed by atoms with E-state index in [0.717, 1.165) is 25.2 Å². The lowest BCUT2D eigenvalue weighted by Crippen LogP contribution is -2.40. The van der Waals surface area contributed by atoms with E-state index in [-0.39, 0.29) is 16.3 Å². The van der Waals surface area contributed by atoms with E-state index in [2.05, 4.69) is 0 Å². The van der Waals surface area contributed by atoms with E-state index in [4.69, 9.17) is 5.14 Å². The van der Waals surface area contributed by atoms with Gasteiger partial charge >= 0.3 is 0 Å². The molecule has 21 heavy (non-hydrogen) atoms. The maximum Gasteiger partial charge on any atom is 0.293 e. The molecule has 1 aliphatic heterocycles. The number of hydrogen-bond acceptors (Lipinski definition) is 6. The van der Waals surface area contributed by atoms with Crippen molar-refractivity contribution in [3.63, 3.8) is 0 Å². The van der Waals surface area contributed by atoms with Gasteiger partial charge in [-0.3, -0.25) is 10.1 Å². The van der Waals surface area contributed by atoms with Crippen LogP contribution in [0.4, 0.5) is 11.4 Å². The second kappa shape index (κ2) is 5.78. The van der Waals surface area contributed by atoms with Crippen molar-refractivity contribution in [1.82, 2.24) is 0 Å². The summed E-state index contributed by atoms with van der Waals surface area (Å²) in [5.74, 6) is 0. The molecule has 9 heteroatoms. The molecule has 0 aromatic heterocycles. The fourth-order valence-corrected chi connectivity index (χ4v) is 3.00. The van der Waals surface area contributed by atoms with Gasteiger partial charge in [-0.25, -0.2) is 13.6 Å². The number of nitrogens with two attached hydrogens (primary N) is 1. The van der Waals surface area contributed by atoms with Crippen LogP contribution in [0.15, 0.2) is 23.1 Å². The Hall–Kier alpha value is -2.00. The smallest absolute Gasteiger partial charge is 0.293 e. The van der Waals surface area contributed by atoms with E-state index < -0.39 is 21.0 Å². The molecule has 1 aromatic carbocycles. The van der Waals surface area contributed by atoms with Crippen LogP contribution < -0.4 is 10.0 Å². The fraction of sp³-hybridized carbons (Fsp3) is 0.417. The number of nitrogens with zero attached hydrogens (tertiary/aromatic N) is 2. The summed E-state index contributed by atoms with van der Waals surface area (Å²) < 4.78 is 22.6. The van der Waals surface area contributed by atoms with Gasteiger partial charge in [0.05, 0.1) is 15.9 Å². The molecule has 0 bridgehead atoms. The van der Waals surface area contributed by atoms with E-state index >= 15 is 0 Å². The topological polar surface area (TPSA) is 124 Å². The second-order valence-corrected chi connectivity index (χ2v) is 6.41. The highest BCUT2D eigenvalue weighted by Gasteiger charge is 2.29. The highest BCUT2D eigenvalue weighted by Crippen LogP contribution is 2.34. The van der Waals surface area contributed by atoms with Crippen molar-refractivity contribution in [2.75, 3.05) is 11.4 Å². The summed E-state index contributed by atoms with van der Waals surface area (Å²) in [6, 6.07) is 3.05. The Kier molecular flexibility index (Phi) is 4.24. The number of carbonyl (C=O) groups excluding carboxylic acids is 1. The van der Waals surface area contributed by atoms with Crippen LogP contribution in [0.5, 0.6) is 0 Å². The van der Waals surface area contributed by atoms with Crippen LogP contribution in [-0.4, -0.2) is 32.2 Å². The number of anilines is 1. The van der Waals surface area contributed by atoms with Crippen molar-refractivity contribution in [3.05, 3.63) is 28.3 Å². The SMILES string of the molecule is NS(=O)(=O)c1ccc(N2CCCCC2C=O)c([N+](=O)[O-])c1. The molecular formula is C12H15N3O5S. The predicted molar refractivity (Wildman–Crippen MR) is 75.5 cm³/mol. The summed E-state index contributed by atoms with van der Waals surface area (Å²) in [6.45, 7) is 0.513. The molecule has 0 saturated carbocycles. The average Bonchev–Trinajstić information content (AvgIpc) is 2.45. The van der Waals surface area contributed by atoms with Crippen LogP contribution in [0, 0.1) is 10.1 Å². The number of nitro groups is 1. The van der Waals surface area contributed by atoms with Gasteiger partial charge in [0.1, 0.15) is 12.0 Å². The molecule has 2 rings (SSSR count). The third-order valence-corrected chi connectivity index (χ3v) is 4.40. The molecule has 1 aliphatic rings. The average molecular weight is 313 g/mol. The first-order valence-corrected chi connectivity index (χ1v) is 7.92. The molecule has 8 nitrogen and oxygen atoms in total. The second-order valence-electron chi connectivity index (χ2n) is 4.85. The number of primary sulfonamides is 1. The van der Waals surface area contributed by atoms with Gasteiger partial charge in [-0.05, 0) is 31.4 Å². The Labute approximate surface area is 121 Å². The lowest BCUT2D eigenvalue weighted by atomic mass is 10.0. The summed E-state index contributed by atoms with van der Waals surface area (Å²) in [6.07, 6.45) is 3.08. The van der Waals surface area contributed by atoms with E-state index in [1.165, 1.54) is 12.1 Å². The normalized spacial score (nSPS) is 19.3. The lowest BCUT2D eigenvalue weighted by molar-refractivity contribution is -0.384. The number of hydrogen-bond donors (Lipinski definition) is 1. The Balaban J connectivity index is 2.52. The number of nitro benzene ring substituents is 1. The maximum atomic E-state index is 11.3. The monoisotopic (exact) mass is 313 g/mol. The van der Waals surface area contributed by atoms with Crippen molar-refractivity contribution in [2.45, 2.75) is 30.2 Å². The standard InChI is InChI=1S/C12H15N3O5S/c13-21(19,20)10-4-5-11(12(7-10)15(17)18)14-6-2-1-3-9(14)8-16/h4-5,7-9H,1-3,6H2,(H2,13,19,20). The molecule has 114 valence electrons. The number of carbonyl (C=O) groups is 1. The summed E-state index contributed by atoms with van der Waals surface area (Å²) in [5, 5.41) is 16.2. The van der Waals surface area contributed by atoms with Crippen molar-refractivity contribution in [1.29, 1.82) is 0 Å². The zero-order valence-corrected chi connectivity index (χ0v) is 12.0. The lowest BCUT2D eigenvalue weighted by Gasteiger charge is -2.33. The third-order valence-electron chi connectivity index (χ3n) is 3.49. The minimum absolute atomic E-state index is 0.240. The summed E-state index contributed by atoms with van der Waals surface area (Å²) in [4.78, 5) is 23.0. The van der Waals surface area contributed by atoms with Crippen LogP contribution >= 0.6 is 0 Å². The van der Waals surface area contributed by atoms with Gasteiger partial charge in [-0.15, -0.1) is 0 Å². The largest absolute Gasteiger partial charge is 0.356 e. The Morgan fingerprint density at radius 1 is 1.38 bits per heavy atom. The molecule has 1 fully saturated rings. The molecule has 1 saturated heterocycles. The summed E-state index contributed by atoms with van der Waals surface area (Å²) >= 11 is 0. The minimum atomic E-state index is -4.02. The van der Waals surface area contributed by atoms with Crippen LogP contribution in [0.25, 0.3) is 0 Å². The zero-order chi connectivity index (χ0) is 15.6. The number of rotatable bonds is 4. The molecule has 0 amide bonds. The number of benzene rings is 1. The first kappa shape index (κ1) is 15.4.